The summed E-state index contributed by atoms with van der Waals surface area (Å²) in [6, 6.07) is 7.36. The monoisotopic (exact) mass is 194 g/mol. The van der Waals surface area contributed by atoms with E-state index in [4.69, 9.17) is 10.9 Å². The summed E-state index contributed by atoms with van der Waals surface area (Å²) in [6.45, 7) is 2.16. The highest BCUT2D eigenvalue weighted by Gasteiger charge is 2.07. The molecule has 0 saturated heterocycles. The Labute approximate surface area is 84.9 Å². The Kier molecular flexibility index (Phi) is 4.43. The average Bonchev–Trinajstić information content (AvgIpc) is 2.21. The highest BCUT2D eigenvalue weighted by molar-refractivity contribution is 5.27. The predicted molar refractivity (Wildman–Crippen MR) is 57.7 cm³/mol. The minimum atomic E-state index is 0.190. The molecule has 1 aromatic rings. The van der Waals surface area contributed by atoms with Gasteiger partial charge in [0.1, 0.15) is 5.75 Å². The number of hydrazine groups is 1. The second-order valence-corrected chi connectivity index (χ2v) is 3.45. The van der Waals surface area contributed by atoms with Crippen LogP contribution in [0.15, 0.2) is 24.3 Å². The van der Waals surface area contributed by atoms with E-state index in [0.717, 1.165) is 24.8 Å². The summed E-state index contributed by atoms with van der Waals surface area (Å²) in [5.74, 6) is 5.76. The fourth-order valence-electron chi connectivity index (χ4n) is 1.46. The van der Waals surface area contributed by atoms with E-state index in [1.165, 1.54) is 0 Å². The largest absolute Gasteiger partial charge is 0.508 e. The van der Waals surface area contributed by atoms with Gasteiger partial charge in [0.05, 0.1) is 0 Å². The first-order chi connectivity index (χ1) is 6.77. The van der Waals surface area contributed by atoms with Crippen LogP contribution in [0.2, 0.25) is 0 Å². The van der Waals surface area contributed by atoms with Crippen molar-refractivity contribution < 1.29 is 5.11 Å². The predicted octanol–water partition coefficient (Wildman–Crippen LogP) is 2.09. The van der Waals surface area contributed by atoms with E-state index >= 15 is 0 Å². The van der Waals surface area contributed by atoms with Gasteiger partial charge in [-0.15, -0.1) is 0 Å². The van der Waals surface area contributed by atoms with Crippen molar-refractivity contribution in [3.05, 3.63) is 29.8 Å². The summed E-state index contributed by atoms with van der Waals surface area (Å²) >= 11 is 0. The van der Waals surface area contributed by atoms with E-state index in [-0.39, 0.29) is 6.04 Å². The zero-order chi connectivity index (χ0) is 10.4. The molecule has 3 nitrogen and oxygen atoms in total. The van der Waals surface area contributed by atoms with Gasteiger partial charge in [-0.25, -0.2) is 0 Å². The van der Waals surface area contributed by atoms with Gasteiger partial charge in [0.25, 0.3) is 0 Å². The molecule has 0 spiro atoms. The van der Waals surface area contributed by atoms with Crippen LogP contribution in [0.3, 0.4) is 0 Å². The number of nitrogens with two attached hydrogens (primary N) is 1. The molecule has 0 heterocycles. The van der Waals surface area contributed by atoms with Crippen LogP contribution < -0.4 is 11.3 Å². The first kappa shape index (κ1) is 11.0. The maximum atomic E-state index is 9.14. The fourth-order valence-corrected chi connectivity index (χ4v) is 1.46. The van der Waals surface area contributed by atoms with E-state index in [1.807, 2.05) is 12.1 Å². The van der Waals surface area contributed by atoms with Gasteiger partial charge in [-0.3, -0.25) is 11.3 Å². The van der Waals surface area contributed by atoms with Gasteiger partial charge in [0, 0.05) is 6.04 Å². The minimum Gasteiger partial charge on any atom is -0.508 e. The standard InChI is InChI=1S/C11H18N2O/c1-2-3-4-11(13-12)9-5-7-10(14)8-6-9/h5-8,11,13-14H,2-4,12H2,1H3. The summed E-state index contributed by atoms with van der Waals surface area (Å²) in [5.41, 5.74) is 3.91. The first-order valence-corrected chi connectivity index (χ1v) is 5.03. The maximum Gasteiger partial charge on any atom is 0.115 e. The molecule has 0 aliphatic rings. The zero-order valence-corrected chi connectivity index (χ0v) is 8.53. The third-order valence-corrected chi connectivity index (χ3v) is 2.34. The molecular formula is C11H18N2O. The van der Waals surface area contributed by atoms with Crippen LogP contribution in [0.4, 0.5) is 0 Å². The molecule has 0 aromatic heterocycles. The summed E-state index contributed by atoms with van der Waals surface area (Å²) in [7, 11) is 0. The van der Waals surface area contributed by atoms with Gasteiger partial charge >= 0.3 is 0 Å². The number of nitrogens with one attached hydrogen (secondary N) is 1. The molecule has 14 heavy (non-hydrogen) atoms. The molecule has 1 atom stereocenters. The van der Waals surface area contributed by atoms with Gasteiger partial charge in [-0.1, -0.05) is 31.9 Å². The molecule has 0 saturated carbocycles. The molecule has 0 fully saturated rings. The third-order valence-electron chi connectivity index (χ3n) is 2.34. The molecule has 4 N–H and O–H groups in total. The van der Waals surface area contributed by atoms with Crippen LogP contribution in [-0.2, 0) is 0 Å². The van der Waals surface area contributed by atoms with Crippen molar-refractivity contribution in [3.63, 3.8) is 0 Å². The Balaban J connectivity index is 2.64. The fraction of sp³-hybridized carbons (Fsp3) is 0.455. The van der Waals surface area contributed by atoms with E-state index in [2.05, 4.69) is 12.3 Å². The van der Waals surface area contributed by atoms with Crippen molar-refractivity contribution in [2.45, 2.75) is 32.2 Å². The number of phenols is 1. The maximum absolute atomic E-state index is 9.14. The molecule has 0 amide bonds. The van der Waals surface area contributed by atoms with Gasteiger partial charge in [-0.05, 0) is 24.1 Å². The molecular weight excluding hydrogens is 176 g/mol. The van der Waals surface area contributed by atoms with Crippen LogP contribution >= 0.6 is 0 Å². The van der Waals surface area contributed by atoms with Crippen molar-refractivity contribution in [3.8, 4) is 5.75 Å². The molecule has 78 valence electrons. The van der Waals surface area contributed by atoms with Gasteiger partial charge in [-0.2, -0.15) is 0 Å². The summed E-state index contributed by atoms with van der Waals surface area (Å²) in [4.78, 5) is 0. The Bertz CT molecular complexity index is 258. The lowest BCUT2D eigenvalue weighted by molar-refractivity contribution is 0.471. The smallest absolute Gasteiger partial charge is 0.115 e. The topological polar surface area (TPSA) is 58.3 Å². The number of unbranched alkanes of at least 4 members (excludes halogenated alkanes) is 1. The van der Waals surface area contributed by atoms with E-state index in [9.17, 15) is 0 Å². The van der Waals surface area contributed by atoms with Crippen molar-refractivity contribution >= 4 is 0 Å². The van der Waals surface area contributed by atoms with E-state index in [1.54, 1.807) is 12.1 Å². The molecule has 0 aliphatic carbocycles. The van der Waals surface area contributed by atoms with Crippen molar-refractivity contribution in [1.29, 1.82) is 0 Å². The molecule has 1 aromatic carbocycles. The molecule has 3 heteroatoms. The average molecular weight is 194 g/mol. The third kappa shape index (κ3) is 3.01. The molecule has 1 unspecified atom stereocenters. The second-order valence-electron chi connectivity index (χ2n) is 3.45. The highest BCUT2D eigenvalue weighted by atomic mass is 16.3. The van der Waals surface area contributed by atoms with E-state index in [0.29, 0.717) is 5.75 Å². The van der Waals surface area contributed by atoms with Gasteiger partial charge < -0.3 is 5.11 Å². The number of hydrogen-bond donors (Lipinski definition) is 3. The van der Waals surface area contributed by atoms with Crippen LogP contribution in [0, 0.1) is 0 Å². The van der Waals surface area contributed by atoms with Crippen molar-refractivity contribution in [2.24, 2.45) is 5.84 Å². The number of aromatic hydroxyl groups is 1. The molecule has 0 aliphatic heterocycles. The number of rotatable bonds is 5. The lowest BCUT2D eigenvalue weighted by Crippen LogP contribution is -2.27. The normalized spacial score (nSPS) is 12.7. The number of phenolic OH excluding ortho intramolecular Hbond substituents is 1. The molecule has 1 rings (SSSR count). The lowest BCUT2D eigenvalue weighted by atomic mass is 10.0. The molecule has 0 radical (unpaired) electrons. The quantitative estimate of drug-likeness (QED) is 0.497. The number of hydrogen-bond acceptors (Lipinski definition) is 3. The Morgan fingerprint density at radius 1 is 1.36 bits per heavy atom. The summed E-state index contributed by atoms with van der Waals surface area (Å²) in [6.07, 6.45) is 3.34. The van der Waals surface area contributed by atoms with Crippen LogP contribution in [-0.4, -0.2) is 5.11 Å². The Morgan fingerprint density at radius 3 is 2.50 bits per heavy atom. The second kappa shape index (κ2) is 5.62. The van der Waals surface area contributed by atoms with Gasteiger partial charge in [0.2, 0.25) is 0 Å². The Morgan fingerprint density at radius 2 is 2.00 bits per heavy atom. The Hall–Kier alpha value is -1.06. The molecule has 0 bridgehead atoms. The lowest BCUT2D eigenvalue weighted by Gasteiger charge is -2.15. The zero-order valence-electron chi connectivity index (χ0n) is 8.53. The highest BCUT2D eigenvalue weighted by Crippen LogP contribution is 2.20. The van der Waals surface area contributed by atoms with Crippen LogP contribution in [0.5, 0.6) is 5.75 Å². The minimum absolute atomic E-state index is 0.190. The van der Waals surface area contributed by atoms with Crippen molar-refractivity contribution in [2.75, 3.05) is 0 Å². The van der Waals surface area contributed by atoms with Crippen LogP contribution in [0.25, 0.3) is 0 Å². The van der Waals surface area contributed by atoms with E-state index < -0.39 is 0 Å². The van der Waals surface area contributed by atoms with Crippen LogP contribution in [0.1, 0.15) is 37.8 Å². The number of benzene rings is 1. The SMILES string of the molecule is CCCCC(NN)c1ccc(O)cc1. The first-order valence-electron chi connectivity index (χ1n) is 5.03. The summed E-state index contributed by atoms with van der Waals surface area (Å²) in [5, 5.41) is 9.14. The van der Waals surface area contributed by atoms with Gasteiger partial charge in [0.15, 0.2) is 0 Å². The van der Waals surface area contributed by atoms with Crippen molar-refractivity contribution in [1.82, 2.24) is 5.43 Å². The summed E-state index contributed by atoms with van der Waals surface area (Å²) < 4.78 is 0.